The van der Waals surface area contributed by atoms with Crippen LogP contribution >= 0.6 is 11.3 Å². The minimum Gasteiger partial charge on any atom is -0.347 e. The molecule has 0 bridgehead atoms. The number of pyridine rings is 1. The SMILES string of the molecule is CCCc1nc(C(=O)NCc2ccncc2)cs1. The highest BCUT2D eigenvalue weighted by Crippen LogP contribution is 2.11. The Balaban J connectivity index is 1.91. The van der Waals surface area contributed by atoms with Crippen LogP contribution in [0, 0.1) is 0 Å². The van der Waals surface area contributed by atoms with E-state index < -0.39 is 0 Å². The lowest BCUT2D eigenvalue weighted by Crippen LogP contribution is -2.23. The van der Waals surface area contributed by atoms with Gasteiger partial charge in [0, 0.05) is 24.3 Å². The zero-order valence-electron chi connectivity index (χ0n) is 10.2. The van der Waals surface area contributed by atoms with E-state index in [-0.39, 0.29) is 5.91 Å². The zero-order chi connectivity index (χ0) is 12.8. The number of nitrogens with zero attached hydrogens (tertiary/aromatic N) is 2. The van der Waals surface area contributed by atoms with Gasteiger partial charge in [-0.1, -0.05) is 6.92 Å². The van der Waals surface area contributed by atoms with Gasteiger partial charge in [-0.15, -0.1) is 11.3 Å². The fourth-order valence-corrected chi connectivity index (χ4v) is 2.40. The van der Waals surface area contributed by atoms with Crippen LogP contribution in [-0.2, 0) is 13.0 Å². The van der Waals surface area contributed by atoms with Gasteiger partial charge in [0.15, 0.2) is 0 Å². The van der Waals surface area contributed by atoms with Gasteiger partial charge in [-0.2, -0.15) is 0 Å². The maximum absolute atomic E-state index is 11.9. The number of hydrogen-bond acceptors (Lipinski definition) is 4. The Labute approximate surface area is 110 Å². The third-order valence-corrected chi connectivity index (χ3v) is 3.36. The number of aryl methyl sites for hydroxylation is 1. The lowest BCUT2D eigenvalue weighted by atomic mass is 10.2. The Morgan fingerprint density at radius 1 is 1.39 bits per heavy atom. The monoisotopic (exact) mass is 261 g/mol. The molecule has 1 amide bonds. The Bertz CT molecular complexity index is 510. The molecule has 2 rings (SSSR count). The second-order valence-electron chi connectivity index (χ2n) is 3.91. The number of aromatic nitrogens is 2. The third-order valence-electron chi connectivity index (χ3n) is 2.45. The molecule has 0 aliphatic rings. The summed E-state index contributed by atoms with van der Waals surface area (Å²) in [6.45, 7) is 2.60. The molecule has 2 aromatic heterocycles. The molecule has 5 heteroatoms. The molecule has 0 aliphatic heterocycles. The average molecular weight is 261 g/mol. The van der Waals surface area contributed by atoms with Gasteiger partial charge in [0.05, 0.1) is 5.01 Å². The molecule has 2 aromatic rings. The minimum absolute atomic E-state index is 0.120. The number of nitrogens with one attached hydrogen (secondary N) is 1. The predicted octanol–water partition coefficient (Wildman–Crippen LogP) is 2.42. The molecule has 0 aromatic carbocycles. The van der Waals surface area contributed by atoms with Crippen molar-refractivity contribution in [2.24, 2.45) is 0 Å². The van der Waals surface area contributed by atoms with Crippen LogP contribution in [-0.4, -0.2) is 15.9 Å². The first-order chi connectivity index (χ1) is 8.79. The summed E-state index contributed by atoms with van der Waals surface area (Å²) in [5.74, 6) is -0.120. The minimum atomic E-state index is -0.120. The van der Waals surface area contributed by atoms with Crippen molar-refractivity contribution in [3.8, 4) is 0 Å². The Hall–Kier alpha value is -1.75. The summed E-state index contributed by atoms with van der Waals surface area (Å²) in [5, 5.41) is 5.68. The van der Waals surface area contributed by atoms with E-state index in [0.29, 0.717) is 12.2 Å². The maximum Gasteiger partial charge on any atom is 0.271 e. The number of rotatable bonds is 5. The normalized spacial score (nSPS) is 10.3. The van der Waals surface area contributed by atoms with E-state index in [1.807, 2.05) is 17.5 Å². The summed E-state index contributed by atoms with van der Waals surface area (Å²) in [4.78, 5) is 20.1. The Morgan fingerprint density at radius 2 is 2.17 bits per heavy atom. The Kier molecular flexibility index (Phi) is 4.41. The molecule has 0 saturated carbocycles. The number of amides is 1. The van der Waals surface area contributed by atoms with Crippen LogP contribution in [0.25, 0.3) is 0 Å². The molecular formula is C13H15N3OS. The quantitative estimate of drug-likeness (QED) is 0.899. The third kappa shape index (κ3) is 3.37. The highest BCUT2D eigenvalue weighted by molar-refractivity contribution is 7.09. The molecule has 0 saturated heterocycles. The molecule has 18 heavy (non-hydrogen) atoms. The number of thiazole rings is 1. The van der Waals surface area contributed by atoms with Crippen molar-refractivity contribution in [2.45, 2.75) is 26.3 Å². The highest BCUT2D eigenvalue weighted by atomic mass is 32.1. The van der Waals surface area contributed by atoms with Crippen LogP contribution in [0.2, 0.25) is 0 Å². The molecule has 0 aliphatic carbocycles. The van der Waals surface area contributed by atoms with Gasteiger partial charge in [-0.3, -0.25) is 9.78 Å². The molecule has 0 spiro atoms. The Morgan fingerprint density at radius 3 is 2.89 bits per heavy atom. The molecular weight excluding hydrogens is 246 g/mol. The van der Waals surface area contributed by atoms with E-state index in [1.165, 1.54) is 0 Å². The second-order valence-corrected chi connectivity index (χ2v) is 4.86. The largest absolute Gasteiger partial charge is 0.347 e. The molecule has 0 radical (unpaired) electrons. The summed E-state index contributed by atoms with van der Waals surface area (Å²) < 4.78 is 0. The summed E-state index contributed by atoms with van der Waals surface area (Å²) in [7, 11) is 0. The van der Waals surface area contributed by atoms with Crippen LogP contribution in [0.15, 0.2) is 29.9 Å². The summed E-state index contributed by atoms with van der Waals surface area (Å²) in [6, 6.07) is 3.76. The molecule has 0 atom stereocenters. The summed E-state index contributed by atoms with van der Waals surface area (Å²) >= 11 is 1.54. The smallest absolute Gasteiger partial charge is 0.271 e. The topological polar surface area (TPSA) is 54.9 Å². The van der Waals surface area contributed by atoms with Gasteiger partial charge in [0.2, 0.25) is 0 Å². The first-order valence-corrected chi connectivity index (χ1v) is 6.79. The highest BCUT2D eigenvalue weighted by Gasteiger charge is 2.09. The fourth-order valence-electron chi connectivity index (χ4n) is 1.52. The van der Waals surface area contributed by atoms with Crippen LogP contribution < -0.4 is 5.32 Å². The van der Waals surface area contributed by atoms with E-state index in [4.69, 9.17) is 0 Å². The van der Waals surface area contributed by atoms with E-state index >= 15 is 0 Å². The number of hydrogen-bond donors (Lipinski definition) is 1. The van der Waals surface area contributed by atoms with Crippen molar-refractivity contribution in [3.05, 3.63) is 46.2 Å². The van der Waals surface area contributed by atoms with Gasteiger partial charge in [-0.05, 0) is 30.5 Å². The molecule has 0 unspecified atom stereocenters. The average Bonchev–Trinajstić information content (AvgIpc) is 2.86. The summed E-state index contributed by atoms with van der Waals surface area (Å²) in [6.07, 6.45) is 5.40. The van der Waals surface area contributed by atoms with E-state index in [0.717, 1.165) is 23.4 Å². The molecule has 94 valence electrons. The van der Waals surface area contributed by atoms with E-state index in [1.54, 1.807) is 23.7 Å². The van der Waals surface area contributed by atoms with Crippen molar-refractivity contribution in [1.82, 2.24) is 15.3 Å². The number of carbonyl (C=O) groups excluding carboxylic acids is 1. The van der Waals surface area contributed by atoms with Gasteiger partial charge in [0.1, 0.15) is 5.69 Å². The van der Waals surface area contributed by atoms with Crippen molar-refractivity contribution in [1.29, 1.82) is 0 Å². The number of carbonyl (C=O) groups is 1. The lowest BCUT2D eigenvalue weighted by molar-refractivity contribution is 0.0946. The van der Waals surface area contributed by atoms with Crippen molar-refractivity contribution in [3.63, 3.8) is 0 Å². The fraction of sp³-hybridized carbons (Fsp3) is 0.308. The van der Waals surface area contributed by atoms with E-state index in [9.17, 15) is 4.79 Å². The molecule has 0 fully saturated rings. The van der Waals surface area contributed by atoms with Crippen molar-refractivity contribution in [2.75, 3.05) is 0 Å². The van der Waals surface area contributed by atoms with Crippen molar-refractivity contribution >= 4 is 17.2 Å². The van der Waals surface area contributed by atoms with Crippen LogP contribution in [0.3, 0.4) is 0 Å². The first kappa shape index (κ1) is 12.7. The van der Waals surface area contributed by atoms with Crippen LogP contribution in [0.5, 0.6) is 0 Å². The van der Waals surface area contributed by atoms with Gasteiger partial charge in [0.25, 0.3) is 5.91 Å². The van der Waals surface area contributed by atoms with E-state index in [2.05, 4.69) is 22.2 Å². The standard InChI is InChI=1S/C13H15N3OS/c1-2-3-12-16-11(9-18-12)13(17)15-8-10-4-6-14-7-5-10/h4-7,9H,2-3,8H2,1H3,(H,15,17). The van der Waals surface area contributed by atoms with Gasteiger partial charge >= 0.3 is 0 Å². The zero-order valence-corrected chi connectivity index (χ0v) is 11.0. The van der Waals surface area contributed by atoms with Gasteiger partial charge < -0.3 is 5.32 Å². The second kappa shape index (κ2) is 6.26. The molecule has 1 N–H and O–H groups in total. The molecule has 2 heterocycles. The van der Waals surface area contributed by atoms with Gasteiger partial charge in [-0.25, -0.2) is 4.98 Å². The first-order valence-electron chi connectivity index (χ1n) is 5.91. The summed E-state index contributed by atoms with van der Waals surface area (Å²) in [5.41, 5.74) is 1.54. The molecule has 4 nitrogen and oxygen atoms in total. The maximum atomic E-state index is 11.9. The lowest BCUT2D eigenvalue weighted by Gasteiger charge is -2.02. The van der Waals surface area contributed by atoms with Crippen LogP contribution in [0.4, 0.5) is 0 Å². The van der Waals surface area contributed by atoms with Crippen LogP contribution in [0.1, 0.15) is 34.4 Å². The predicted molar refractivity (Wildman–Crippen MR) is 71.5 cm³/mol. The van der Waals surface area contributed by atoms with Crippen molar-refractivity contribution < 1.29 is 4.79 Å².